The second-order valence-corrected chi connectivity index (χ2v) is 9.90. The fourth-order valence-electron chi connectivity index (χ4n) is 4.11. The molecule has 1 amide bonds. The van der Waals surface area contributed by atoms with E-state index in [1.165, 1.54) is 11.9 Å². The summed E-state index contributed by atoms with van der Waals surface area (Å²) in [6.45, 7) is 2.01. The Balaban J connectivity index is 1.34. The first-order valence-corrected chi connectivity index (χ1v) is 13.5. The molecular formula is C31H29N5O3S. The maximum atomic E-state index is 12.7. The molecule has 40 heavy (non-hydrogen) atoms. The monoisotopic (exact) mass is 551 g/mol. The van der Waals surface area contributed by atoms with E-state index in [1.54, 1.807) is 20.3 Å². The first-order valence-electron chi connectivity index (χ1n) is 12.6. The van der Waals surface area contributed by atoms with Crippen LogP contribution in [-0.2, 0) is 11.2 Å². The zero-order valence-corrected chi connectivity index (χ0v) is 23.2. The number of nitrogens with zero attached hydrogens (tertiary/aromatic N) is 2. The van der Waals surface area contributed by atoms with Crippen LogP contribution in [0.4, 0.5) is 23.0 Å². The molecule has 0 spiro atoms. The molecular weight excluding hydrogens is 522 g/mol. The lowest BCUT2D eigenvalue weighted by molar-refractivity contribution is -0.115. The largest absolute Gasteiger partial charge is 0.497 e. The van der Waals surface area contributed by atoms with Gasteiger partial charge in [-0.25, -0.2) is 9.97 Å². The Labute approximate surface area is 237 Å². The van der Waals surface area contributed by atoms with E-state index in [9.17, 15) is 4.79 Å². The summed E-state index contributed by atoms with van der Waals surface area (Å²) >= 11 is 1.38. The second-order valence-electron chi connectivity index (χ2n) is 9.02. The first-order chi connectivity index (χ1) is 19.5. The van der Waals surface area contributed by atoms with Gasteiger partial charge in [0.05, 0.1) is 31.7 Å². The number of carbonyl (C=O) groups is 1. The zero-order valence-electron chi connectivity index (χ0n) is 22.4. The fourth-order valence-corrected chi connectivity index (χ4v) is 4.80. The Morgan fingerprint density at radius 2 is 1.45 bits per heavy atom. The van der Waals surface area contributed by atoms with E-state index in [0.29, 0.717) is 29.6 Å². The van der Waals surface area contributed by atoms with Crippen LogP contribution in [0.1, 0.15) is 11.1 Å². The number of para-hydroxylation sites is 2. The average molecular weight is 552 g/mol. The minimum absolute atomic E-state index is 0.0648. The second kappa shape index (κ2) is 12.4. The number of rotatable bonds is 10. The zero-order chi connectivity index (χ0) is 27.9. The van der Waals surface area contributed by atoms with Crippen molar-refractivity contribution >= 4 is 51.9 Å². The van der Waals surface area contributed by atoms with Crippen molar-refractivity contribution in [3.8, 4) is 11.5 Å². The van der Waals surface area contributed by atoms with Crippen molar-refractivity contribution in [2.75, 3.05) is 29.6 Å². The molecule has 5 rings (SSSR count). The summed E-state index contributed by atoms with van der Waals surface area (Å²) in [7, 11) is 3.22. The molecule has 0 atom stereocenters. The minimum Gasteiger partial charge on any atom is -0.497 e. The number of benzene rings is 4. The summed E-state index contributed by atoms with van der Waals surface area (Å²) in [6, 6.07) is 28.8. The normalized spacial score (nSPS) is 10.7. The van der Waals surface area contributed by atoms with Crippen molar-refractivity contribution in [3.05, 3.63) is 102 Å². The third-order valence-electron chi connectivity index (χ3n) is 6.18. The number of ether oxygens (including phenoxy) is 2. The highest BCUT2D eigenvalue weighted by atomic mass is 32.2. The van der Waals surface area contributed by atoms with E-state index in [2.05, 4.69) is 15.4 Å². The Hall–Kier alpha value is -4.76. The smallest absolute Gasteiger partial charge is 0.228 e. The molecule has 1 aromatic heterocycles. The summed E-state index contributed by atoms with van der Waals surface area (Å²) in [5.74, 6) is 2.34. The van der Waals surface area contributed by atoms with E-state index < -0.39 is 0 Å². The standard InChI is InChI=1S/C31H29N5O3S/c1-20-9-4-5-10-21(20)15-29(37)32-22-11-8-12-26(18-22)40-36-31-30(34-27-13-6-7-14-28(27)35-31)33-23-16-24(38-2)19-25(17-23)39-3/h4-14,16-19H,15H2,1-3H3,(H,32,37)(H,33,34)(H,35,36). The van der Waals surface area contributed by atoms with Crippen LogP contribution in [-0.4, -0.2) is 30.1 Å². The number of aryl methyl sites for hydroxylation is 1. The molecule has 0 saturated heterocycles. The van der Waals surface area contributed by atoms with E-state index in [1.807, 2.05) is 91.9 Å². The molecule has 0 radical (unpaired) electrons. The summed E-state index contributed by atoms with van der Waals surface area (Å²) < 4.78 is 14.2. The summed E-state index contributed by atoms with van der Waals surface area (Å²) in [5, 5.41) is 6.35. The topological polar surface area (TPSA) is 97.4 Å². The van der Waals surface area contributed by atoms with Crippen LogP contribution < -0.4 is 24.8 Å². The molecule has 0 saturated carbocycles. The third-order valence-corrected chi connectivity index (χ3v) is 6.97. The SMILES string of the molecule is COc1cc(Nc2nc3ccccc3nc2NSc2cccc(NC(=O)Cc3ccccc3C)c2)cc(OC)c1. The Morgan fingerprint density at radius 1 is 0.775 bits per heavy atom. The van der Waals surface area contributed by atoms with Crippen molar-refractivity contribution in [1.29, 1.82) is 0 Å². The van der Waals surface area contributed by atoms with Gasteiger partial charge in [0.15, 0.2) is 11.6 Å². The van der Waals surface area contributed by atoms with Crippen LogP contribution in [0.3, 0.4) is 0 Å². The molecule has 0 fully saturated rings. The molecule has 5 aromatic rings. The van der Waals surface area contributed by atoms with Gasteiger partial charge >= 0.3 is 0 Å². The van der Waals surface area contributed by atoms with Gasteiger partial charge in [-0.05, 0) is 60.3 Å². The van der Waals surface area contributed by atoms with Crippen LogP contribution in [0.5, 0.6) is 11.5 Å². The molecule has 8 nitrogen and oxygen atoms in total. The van der Waals surface area contributed by atoms with Crippen molar-refractivity contribution in [2.45, 2.75) is 18.2 Å². The van der Waals surface area contributed by atoms with Gasteiger partial charge in [-0.3, -0.25) is 4.79 Å². The highest BCUT2D eigenvalue weighted by molar-refractivity contribution is 8.00. The van der Waals surface area contributed by atoms with Gasteiger partial charge in [-0.1, -0.05) is 42.5 Å². The number of hydrogen-bond donors (Lipinski definition) is 3. The molecule has 3 N–H and O–H groups in total. The predicted octanol–water partition coefficient (Wildman–Crippen LogP) is 7.00. The lowest BCUT2D eigenvalue weighted by Crippen LogP contribution is -2.15. The van der Waals surface area contributed by atoms with E-state index >= 15 is 0 Å². The molecule has 0 bridgehead atoms. The molecule has 202 valence electrons. The summed E-state index contributed by atoms with van der Waals surface area (Å²) in [5.41, 5.74) is 5.09. The van der Waals surface area contributed by atoms with Crippen molar-refractivity contribution < 1.29 is 14.3 Å². The van der Waals surface area contributed by atoms with E-state index in [-0.39, 0.29) is 5.91 Å². The molecule has 0 aliphatic heterocycles. The number of methoxy groups -OCH3 is 2. The Morgan fingerprint density at radius 3 is 2.15 bits per heavy atom. The maximum Gasteiger partial charge on any atom is 0.228 e. The summed E-state index contributed by atoms with van der Waals surface area (Å²) in [4.78, 5) is 23.2. The molecule has 0 aliphatic rings. The molecule has 4 aromatic carbocycles. The van der Waals surface area contributed by atoms with Gasteiger partial charge in [0.2, 0.25) is 5.91 Å². The average Bonchev–Trinajstić information content (AvgIpc) is 2.97. The fraction of sp³-hybridized carbons (Fsp3) is 0.129. The number of amides is 1. The molecule has 1 heterocycles. The van der Waals surface area contributed by atoms with Gasteiger partial charge in [0, 0.05) is 34.5 Å². The first kappa shape index (κ1) is 26.8. The van der Waals surface area contributed by atoms with Crippen LogP contribution in [0.2, 0.25) is 0 Å². The van der Waals surface area contributed by atoms with Gasteiger partial charge in [-0.2, -0.15) is 0 Å². The van der Waals surface area contributed by atoms with E-state index in [4.69, 9.17) is 19.4 Å². The number of anilines is 4. The highest BCUT2D eigenvalue weighted by Crippen LogP contribution is 2.32. The number of nitrogens with one attached hydrogen (secondary N) is 3. The highest BCUT2D eigenvalue weighted by Gasteiger charge is 2.12. The maximum absolute atomic E-state index is 12.7. The van der Waals surface area contributed by atoms with Crippen molar-refractivity contribution in [3.63, 3.8) is 0 Å². The Bertz CT molecular complexity index is 1640. The molecule has 0 unspecified atom stereocenters. The quantitative estimate of drug-likeness (QED) is 0.160. The van der Waals surface area contributed by atoms with E-state index in [0.717, 1.165) is 38.4 Å². The number of aromatic nitrogens is 2. The van der Waals surface area contributed by atoms with Crippen LogP contribution in [0.15, 0.2) is 95.9 Å². The lowest BCUT2D eigenvalue weighted by Gasteiger charge is -2.15. The lowest BCUT2D eigenvalue weighted by atomic mass is 10.1. The molecule has 0 aliphatic carbocycles. The van der Waals surface area contributed by atoms with Gasteiger partial charge in [-0.15, -0.1) is 0 Å². The van der Waals surface area contributed by atoms with Gasteiger partial charge in [0.25, 0.3) is 0 Å². The van der Waals surface area contributed by atoms with Crippen molar-refractivity contribution in [1.82, 2.24) is 9.97 Å². The summed E-state index contributed by atoms with van der Waals surface area (Å²) in [6.07, 6.45) is 0.319. The molecule has 9 heteroatoms. The third kappa shape index (κ3) is 6.62. The van der Waals surface area contributed by atoms with Crippen LogP contribution in [0.25, 0.3) is 11.0 Å². The predicted molar refractivity (Wildman–Crippen MR) is 162 cm³/mol. The number of fused-ring (bicyclic) bond motifs is 1. The number of hydrogen-bond acceptors (Lipinski definition) is 8. The van der Waals surface area contributed by atoms with Gasteiger partial charge < -0.3 is 24.8 Å². The van der Waals surface area contributed by atoms with Crippen molar-refractivity contribution in [2.24, 2.45) is 0 Å². The minimum atomic E-state index is -0.0648. The van der Waals surface area contributed by atoms with Gasteiger partial charge in [0.1, 0.15) is 11.5 Å². The van der Waals surface area contributed by atoms with Crippen LogP contribution in [0, 0.1) is 6.92 Å². The Kier molecular flexibility index (Phi) is 8.32. The number of carbonyl (C=O) groups excluding carboxylic acids is 1. The van der Waals surface area contributed by atoms with Crippen LogP contribution >= 0.6 is 11.9 Å².